The molecule has 0 spiro atoms. The molecule has 27 heavy (non-hydrogen) atoms. The Bertz CT molecular complexity index is 627. The third kappa shape index (κ3) is 6.92. The highest BCUT2D eigenvalue weighted by Crippen LogP contribution is 2.30. The maximum atomic E-state index is 11.9. The number of amides is 1. The van der Waals surface area contributed by atoms with Crippen molar-refractivity contribution in [3.8, 4) is 0 Å². The molecule has 2 atom stereocenters. The van der Waals surface area contributed by atoms with Crippen molar-refractivity contribution in [2.45, 2.75) is 45.1 Å². The van der Waals surface area contributed by atoms with Crippen molar-refractivity contribution in [2.24, 2.45) is 11.8 Å². The Balaban J connectivity index is 1.72. The Morgan fingerprint density at radius 1 is 1.15 bits per heavy atom. The number of carboxylic acid groups (broad SMARTS) is 1. The number of esters is 1. The highest BCUT2D eigenvalue weighted by atomic mass is 16.6. The van der Waals surface area contributed by atoms with Gasteiger partial charge in [-0.15, -0.1) is 0 Å². The standard InChI is InChI=1S/C20H27NO6/c1-14(13-26-19(24)16-10-6-3-7-11-16)27-20(25)21-12-17(18(22)23)15-8-4-2-5-9-15/h3,6-7,10-11,14-15,17H,2,4-5,8-9,12-13H2,1H3,(H,21,25)(H,22,23). The molecule has 7 nitrogen and oxygen atoms in total. The molecule has 1 saturated carbocycles. The molecule has 2 N–H and O–H groups in total. The molecule has 1 aromatic rings. The van der Waals surface area contributed by atoms with Crippen LogP contribution in [0, 0.1) is 11.8 Å². The van der Waals surface area contributed by atoms with E-state index in [4.69, 9.17) is 9.47 Å². The summed E-state index contributed by atoms with van der Waals surface area (Å²) in [6.45, 7) is 1.56. The molecule has 7 heteroatoms. The molecular weight excluding hydrogens is 350 g/mol. The molecule has 2 unspecified atom stereocenters. The fourth-order valence-corrected chi connectivity index (χ4v) is 3.29. The first-order valence-electron chi connectivity index (χ1n) is 9.37. The lowest BCUT2D eigenvalue weighted by Gasteiger charge is -2.27. The van der Waals surface area contributed by atoms with Gasteiger partial charge < -0.3 is 19.9 Å². The summed E-state index contributed by atoms with van der Waals surface area (Å²) < 4.78 is 10.2. The van der Waals surface area contributed by atoms with Crippen molar-refractivity contribution in [1.29, 1.82) is 0 Å². The Morgan fingerprint density at radius 2 is 1.81 bits per heavy atom. The summed E-state index contributed by atoms with van der Waals surface area (Å²) in [6.07, 6.45) is 3.60. The van der Waals surface area contributed by atoms with Crippen LogP contribution in [0.4, 0.5) is 4.79 Å². The van der Waals surface area contributed by atoms with Crippen LogP contribution in [0.3, 0.4) is 0 Å². The summed E-state index contributed by atoms with van der Waals surface area (Å²) in [5, 5.41) is 12.0. The second-order valence-electron chi connectivity index (χ2n) is 6.90. The number of carbonyl (C=O) groups is 3. The van der Waals surface area contributed by atoms with E-state index < -0.39 is 30.1 Å². The number of benzene rings is 1. The number of aliphatic carboxylic acids is 1. The maximum absolute atomic E-state index is 11.9. The average molecular weight is 377 g/mol. The molecule has 2 rings (SSSR count). The summed E-state index contributed by atoms with van der Waals surface area (Å²) in [5.74, 6) is -1.91. The molecule has 0 aliphatic heterocycles. The first-order valence-corrected chi connectivity index (χ1v) is 9.37. The second kappa shape index (κ2) is 10.5. The van der Waals surface area contributed by atoms with Crippen molar-refractivity contribution in [2.75, 3.05) is 13.2 Å². The zero-order valence-electron chi connectivity index (χ0n) is 15.6. The summed E-state index contributed by atoms with van der Waals surface area (Å²) in [4.78, 5) is 35.3. The van der Waals surface area contributed by atoms with E-state index in [9.17, 15) is 19.5 Å². The normalized spacial score (nSPS) is 16.8. The molecule has 1 amide bonds. The van der Waals surface area contributed by atoms with E-state index in [2.05, 4.69) is 5.32 Å². The zero-order chi connectivity index (χ0) is 19.6. The van der Waals surface area contributed by atoms with Gasteiger partial charge in [0.05, 0.1) is 11.5 Å². The first-order chi connectivity index (χ1) is 13.0. The van der Waals surface area contributed by atoms with E-state index in [1.54, 1.807) is 37.3 Å². The number of carboxylic acids is 1. The third-order valence-corrected chi connectivity index (χ3v) is 4.77. The van der Waals surface area contributed by atoms with Crippen LogP contribution >= 0.6 is 0 Å². The second-order valence-corrected chi connectivity index (χ2v) is 6.90. The Hall–Kier alpha value is -2.57. The average Bonchev–Trinajstić information content (AvgIpc) is 2.67. The van der Waals surface area contributed by atoms with Gasteiger partial charge in [-0.25, -0.2) is 9.59 Å². The van der Waals surface area contributed by atoms with Gasteiger partial charge in [0, 0.05) is 6.54 Å². The first kappa shape index (κ1) is 20.7. The minimum absolute atomic E-state index is 0.0371. The van der Waals surface area contributed by atoms with E-state index >= 15 is 0 Å². The summed E-state index contributed by atoms with van der Waals surface area (Å²) in [7, 11) is 0. The number of alkyl carbamates (subject to hydrolysis) is 1. The highest BCUT2D eigenvalue weighted by Gasteiger charge is 2.30. The predicted molar refractivity (Wildman–Crippen MR) is 98.4 cm³/mol. The number of ether oxygens (including phenoxy) is 2. The minimum Gasteiger partial charge on any atom is -0.481 e. The lowest BCUT2D eigenvalue weighted by molar-refractivity contribution is -0.143. The fraction of sp³-hybridized carbons (Fsp3) is 0.550. The molecule has 0 aromatic heterocycles. The van der Waals surface area contributed by atoms with Crippen molar-refractivity contribution in [3.05, 3.63) is 35.9 Å². The van der Waals surface area contributed by atoms with Gasteiger partial charge in [-0.2, -0.15) is 0 Å². The van der Waals surface area contributed by atoms with Crippen LogP contribution in [0.5, 0.6) is 0 Å². The van der Waals surface area contributed by atoms with E-state index in [1.807, 2.05) is 0 Å². The van der Waals surface area contributed by atoms with Gasteiger partial charge in [-0.1, -0.05) is 37.5 Å². The lowest BCUT2D eigenvalue weighted by Crippen LogP contribution is -2.39. The van der Waals surface area contributed by atoms with Gasteiger partial charge in [0.2, 0.25) is 0 Å². The molecule has 0 heterocycles. The highest BCUT2D eigenvalue weighted by molar-refractivity contribution is 5.89. The van der Waals surface area contributed by atoms with E-state index in [0.29, 0.717) is 5.56 Å². The van der Waals surface area contributed by atoms with E-state index in [1.165, 1.54) is 0 Å². The molecule has 0 bridgehead atoms. The van der Waals surface area contributed by atoms with Crippen LogP contribution in [0.25, 0.3) is 0 Å². The van der Waals surface area contributed by atoms with Crippen LogP contribution in [0.2, 0.25) is 0 Å². The third-order valence-electron chi connectivity index (χ3n) is 4.77. The molecule has 1 aliphatic rings. The lowest BCUT2D eigenvalue weighted by atomic mass is 9.80. The molecule has 0 saturated heterocycles. The molecule has 0 radical (unpaired) electrons. The number of nitrogens with one attached hydrogen (secondary N) is 1. The van der Waals surface area contributed by atoms with Crippen molar-refractivity contribution < 1.29 is 29.0 Å². The summed E-state index contributed by atoms with van der Waals surface area (Å²) in [6, 6.07) is 8.53. The van der Waals surface area contributed by atoms with Crippen molar-refractivity contribution >= 4 is 18.0 Å². The minimum atomic E-state index is -0.896. The van der Waals surface area contributed by atoms with E-state index in [-0.39, 0.29) is 19.1 Å². The van der Waals surface area contributed by atoms with Crippen molar-refractivity contribution in [3.63, 3.8) is 0 Å². The van der Waals surface area contributed by atoms with Gasteiger partial charge in [-0.3, -0.25) is 4.79 Å². The number of rotatable bonds is 8. The topological polar surface area (TPSA) is 102 Å². The molecule has 148 valence electrons. The Kier molecular flexibility index (Phi) is 8.10. The largest absolute Gasteiger partial charge is 0.481 e. The quantitative estimate of drug-likeness (QED) is 0.674. The number of hydrogen-bond acceptors (Lipinski definition) is 5. The SMILES string of the molecule is CC(COC(=O)c1ccccc1)OC(=O)NCC(C(=O)O)C1CCCCC1. The van der Waals surface area contributed by atoms with Gasteiger partial charge in [0.1, 0.15) is 12.7 Å². The van der Waals surface area contributed by atoms with Crippen LogP contribution in [0.1, 0.15) is 49.4 Å². The van der Waals surface area contributed by atoms with Crippen molar-refractivity contribution in [1.82, 2.24) is 5.32 Å². The fourth-order valence-electron chi connectivity index (χ4n) is 3.29. The smallest absolute Gasteiger partial charge is 0.407 e. The predicted octanol–water partition coefficient (Wildman–Crippen LogP) is 3.24. The zero-order valence-corrected chi connectivity index (χ0v) is 15.6. The molecule has 1 aliphatic carbocycles. The van der Waals surface area contributed by atoms with Crippen LogP contribution in [-0.4, -0.2) is 42.4 Å². The Labute approximate surface area is 159 Å². The maximum Gasteiger partial charge on any atom is 0.407 e. The van der Waals surface area contributed by atoms with Crippen LogP contribution in [-0.2, 0) is 14.3 Å². The number of hydrogen-bond donors (Lipinski definition) is 2. The summed E-state index contributed by atoms with van der Waals surface area (Å²) in [5.41, 5.74) is 0.422. The van der Waals surface area contributed by atoms with Gasteiger partial charge >= 0.3 is 18.0 Å². The van der Waals surface area contributed by atoms with Gasteiger partial charge in [-0.05, 0) is 37.8 Å². The van der Waals surface area contributed by atoms with Gasteiger partial charge in [0.15, 0.2) is 0 Å². The molecular formula is C20H27NO6. The van der Waals surface area contributed by atoms with Gasteiger partial charge in [0.25, 0.3) is 0 Å². The van der Waals surface area contributed by atoms with E-state index in [0.717, 1.165) is 32.1 Å². The molecule has 1 aromatic carbocycles. The number of carbonyl (C=O) groups excluding carboxylic acids is 2. The molecule has 1 fully saturated rings. The van der Waals surface area contributed by atoms with Crippen LogP contribution in [0.15, 0.2) is 30.3 Å². The Morgan fingerprint density at radius 3 is 2.44 bits per heavy atom. The van der Waals surface area contributed by atoms with Crippen LogP contribution < -0.4 is 5.32 Å². The summed E-state index contributed by atoms with van der Waals surface area (Å²) >= 11 is 0. The monoisotopic (exact) mass is 377 g/mol.